The lowest BCUT2D eigenvalue weighted by molar-refractivity contribution is 0.507. The molecule has 2 rings (SSSR count). The monoisotopic (exact) mass is 217 g/mol. The molecule has 0 spiro atoms. The molecule has 1 aromatic heterocycles. The fourth-order valence-corrected chi connectivity index (χ4v) is 1.37. The summed E-state index contributed by atoms with van der Waals surface area (Å²) in [7, 11) is 1.90. The molecule has 16 heavy (non-hydrogen) atoms. The molecule has 0 aliphatic carbocycles. The van der Waals surface area contributed by atoms with Crippen LogP contribution in [0.3, 0.4) is 0 Å². The molecule has 1 heterocycles. The van der Waals surface area contributed by atoms with Crippen molar-refractivity contribution in [2.24, 2.45) is 0 Å². The summed E-state index contributed by atoms with van der Waals surface area (Å²) in [6, 6.07) is 8.11. The van der Waals surface area contributed by atoms with E-state index in [-0.39, 0.29) is 0 Å². The Morgan fingerprint density at radius 1 is 1.25 bits per heavy atom. The lowest BCUT2D eigenvalue weighted by Crippen LogP contribution is -2.16. The highest BCUT2D eigenvalue weighted by molar-refractivity contribution is 5.53. The zero-order chi connectivity index (χ0) is 11.4. The van der Waals surface area contributed by atoms with E-state index in [0.29, 0.717) is 5.82 Å². The average Bonchev–Trinajstić information content (AvgIpc) is 2.76. The van der Waals surface area contributed by atoms with Crippen LogP contribution < -0.4 is 5.32 Å². The van der Waals surface area contributed by atoms with Gasteiger partial charge < -0.3 is 5.32 Å². The van der Waals surface area contributed by atoms with Gasteiger partial charge in [-0.2, -0.15) is 4.80 Å². The topological polar surface area (TPSA) is 55.6 Å². The Morgan fingerprint density at radius 2 is 2.00 bits per heavy atom. The van der Waals surface area contributed by atoms with Crippen LogP contribution in [-0.2, 0) is 6.54 Å². The number of rotatable bonds is 4. The standard InChI is InChI=1S/C11H15N5/c1-9-3-5-10(6-4-9)11-13-15-16(14-11)8-7-12-2/h3-6,12H,7-8H2,1-2H3. The molecule has 5 nitrogen and oxygen atoms in total. The molecule has 0 amide bonds. The SMILES string of the molecule is CNCCn1nnc(-c2ccc(C)cc2)n1. The van der Waals surface area contributed by atoms with E-state index >= 15 is 0 Å². The van der Waals surface area contributed by atoms with Crippen LogP contribution in [0.2, 0.25) is 0 Å². The molecular weight excluding hydrogens is 202 g/mol. The molecule has 0 saturated heterocycles. The van der Waals surface area contributed by atoms with Crippen molar-refractivity contribution >= 4 is 0 Å². The summed E-state index contributed by atoms with van der Waals surface area (Å²) in [5.41, 5.74) is 2.23. The van der Waals surface area contributed by atoms with Crippen LogP contribution in [0.1, 0.15) is 5.56 Å². The fourth-order valence-electron chi connectivity index (χ4n) is 1.37. The zero-order valence-corrected chi connectivity index (χ0v) is 9.51. The zero-order valence-electron chi connectivity index (χ0n) is 9.51. The number of benzene rings is 1. The molecule has 1 aromatic carbocycles. The third-order valence-corrected chi connectivity index (χ3v) is 2.32. The van der Waals surface area contributed by atoms with Crippen LogP contribution in [0.4, 0.5) is 0 Å². The Bertz CT molecular complexity index is 446. The lowest BCUT2D eigenvalue weighted by atomic mass is 10.1. The van der Waals surface area contributed by atoms with Crippen molar-refractivity contribution in [1.29, 1.82) is 0 Å². The molecule has 0 aliphatic rings. The number of hydrogen-bond acceptors (Lipinski definition) is 4. The van der Waals surface area contributed by atoms with E-state index in [0.717, 1.165) is 18.7 Å². The summed E-state index contributed by atoms with van der Waals surface area (Å²) < 4.78 is 0. The largest absolute Gasteiger partial charge is 0.318 e. The lowest BCUT2D eigenvalue weighted by Gasteiger charge is -1.96. The second kappa shape index (κ2) is 4.85. The Hall–Kier alpha value is -1.75. The minimum Gasteiger partial charge on any atom is -0.318 e. The van der Waals surface area contributed by atoms with Gasteiger partial charge in [-0.3, -0.25) is 0 Å². The molecule has 2 aromatic rings. The maximum Gasteiger partial charge on any atom is 0.204 e. The maximum absolute atomic E-state index is 4.30. The number of nitrogens with one attached hydrogen (secondary N) is 1. The van der Waals surface area contributed by atoms with Gasteiger partial charge in [0, 0.05) is 12.1 Å². The third kappa shape index (κ3) is 2.43. The Morgan fingerprint density at radius 3 is 2.69 bits per heavy atom. The summed E-state index contributed by atoms with van der Waals surface area (Å²) in [4.78, 5) is 1.60. The van der Waals surface area contributed by atoms with E-state index in [4.69, 9.17) is 0 Å². The molecule has 0 bridgehead atoms. The molecule has 5 heteroatoms. The van der Waals surface area contributed by atoms with Crippen molar-refractivity contribution in [3.8, 4) is 11.4 Å². The van der Waals surface area contributed by atoms with Gasteiger partial charge in [0.05, 0.1) is 6.54 Å². The van der Waals surface area contributed by atoms with Crippen LogP contribution >= 0.6 is 0 Å². The second-order valence-corrected chi connectivity index (χ2v) is 3.68. The first-order valence-corrected chi connectivity index (χ1v) is 5.29. The van der Waals surface area contributed by atoms with Crippen molar-refractivity contribution in [2.45, 2.75) is 13.5 Å². The van der Waals surface area contributed by atoms with Crippen molar-refractivity contribution in [3.63, 3.8) is 0 Å². The first kappa shape index (κ1) is 10.8. The maximum atomic E-state index is 4.30. The summed E-state index contributed by atoms with van der Waals surface area (Å²) in [5, 5.41) is 15.4. The third-order valence-electron chi connectivity index (χ3n) is 2.32. The van der Waals surface area contributed by atoms with Gasteiger partial charge in [-0.05, 0) is 19.2 Å². The van der Waals surface area contributed by atoms with E-state index in [1.807, 2.05) is 31.3 Å². The minimum absolute atomic E-state index is 0.677. The van der Waals surface area contributed by atoms with Gasteiger partial charge >= 0.3 is 0 Å². The van der Waals surface area contributed by atoms with E-state index in [1.165, 1.54) is 5.56 Å². The van der Waals surface area contributed by atoms with Crippen molar-refractivity contribution < 1.29 is 0 Å². The second-order valence-electron chi connectivity index (χ2n) is 3.68. The fraction of sp³-hybridized carbons (Fsp3) is 0.364. The Kier molecular flexibility index (Phi) is 3.26. The van der Waals surface area contributed by atoms with Gasteiger partial charge in [0.15, 0.2) is 0 Å². The summed E-state index contributed by atoms with van der Waals surface area (Å²) in [6.07, 6.45) is 0. The van der Waals surface area contributed by atoms with Crippen molar-refractivity contribution in [2.75, 3.05) is 13.6 Å². The number of nitrogens with zero attached hydrogens (tertiary/aromatic N) is 4. The van der Waals surface area contributed by atoms with Crippen LogP contribution in [0.25, 0.3) is 11.4 Å². The molecule has 0 radical (unpaired) electrons. The molecule has 0 fully saturated rings. The molecular formula is C11H15N5. The molecule has 0 atom stereocenters. The normalized spacial score (nSPS) is 10.6. The minimum atomic E-state index is 0.677. The van der Waals surface area contributed by atoms with Crippen LogP contribution in [-0.4, -0.2) is 33.8 Å². The van der Waals surface area contributed by atoms with E-state index in [1.54, 1.807) is 4.80 Å². The molecule has 1 N–H and O–H groups in total. The molecule has 0 saturated carbocycles. The van der Waals surface area contributed by atoms with Gasteiger partial charge in [-0.25, -0.2) is 0 Å². The van der Waals surface area contributed by atoms with Gasteiger partial charge in [0.25, 0.3) is 0 Å². The number of hydrogen-bond donors (Lipinski definition) is 1. The van der Waals surface area contributed by atoms with Gasteiger partial charge in [0.1, 0.15) is 0 Å². The van der Waals surface area contributed by atoms with Crippen molar-refractivity contribution in [3.05, 3.63) is 29.8 Å². The van der Waals surface area contributed by atoms with E-state index < -0.39 is 0 Å². The Labute approximate surface area is 94.5 Å². The highest BCUT2D eigenvalue weighted by Crippen LogP contribution is 2.13. The number of aryl methyl sites for hydroxylation is 1. The van der Waals surface area contributed by atoms with Gasteiger partial charge in [-0.1, -0.05) is 29.8 Å². The summed E-state index contributed by atoms with van der Waals surface area (Å²) in [5.74, 6) is 0.677. The van der Waals surface area contributed by atoms with E-state index in [9.17, 15) is 0 Å². The summed E-state index contributed by atoms with van der Waals surface area (Å²) in [6.45, 7) is 3.63. The quantitative estimate of drug-likeness (QED) is 0.825. The molecule has 0 aliphatic heterocycles. The van der Waals surface area contributed by atoms with Crippen LogP contribution in [0.5, 0.6) is 0 Å². The first-order chi connectivity index (χ1) is 7.79. The smallest absolute Gasteiger partial charge is 0.204 e. The molecule has 84 valence electrons. The average molecular weight is 217 g/mol. The van der Waals surface area contributed by atoms with E-state index in [2.05, 4.69) is 27.7 Å². The number of aromatic nitrogens is 4. The molecule has 0 unspecified atom stereocenters. The number of tetrazole rings is 1. The van der Waals surface area contributed by atoms with Gasteiger partial charge in [-0.15, -0.1) is 10.2 Å². The van der Waals surface area contributed by atoms with Crippen LogP contribution in [0.15, 0.2) is 24.3 Å². The first-order valence-electron chi connectivity index (χ1n) is 5.29. The highest BCUT2D eigenvalue weighted by atomic mass is 15.6. The number of likely N-dealkylation sites (N-methyl/N-ethyl adjacent to an activating group) is 1. The van der Waals surface area contributed by atoms with Gasteiger partial charge in [0.2, 0.25) is 5.82 Å². The summed E-state index contributed by atoms with van der Waals surface area (Å²) >= 11 is 0. The Balaban J connectivity index is 2.15. The van der Waals surface area contributed by atoms with Crippen LogP contribution in [0, 0.1) is 6.92 Å². The predicted molar refractivity (Wildman–Crippen MR) is 61.9 cm³/mol. The van der Waals surface area contributed by atoms with Crippen molar-refractivity contribution in [1.82, 2.24) is 25.5 Å². The predicted octanol–water partition coefficient (Wildman–Crippen LogP) is 0.868. The highest BCUT2D eigenvalue weighted by Gasteiger charge is 2.04.